The van der Waals surface area contributed by atoms with Gasteiger partial charge in [0.1, 0.15) is 4.90 Å². The average molecular weight is 309 g/mol. The van der Waals surface area contributed by atoms with Crippen molar-refractivity contribution >= 4 is 15.7 Å². The zero-order valence-electron chi connectivity index (χ0n) is 12.2. The predicted molar refractivity (Wildman–Crippen MR) is 80.3 cm³/mol. The standard InChI is InChI=1S/C13H19N5O2S/c1-9(2)15-8-12-13(10(3)16-17-12)21(19,20)18-11-4-6-14-7-5-11/h4-7,9,15H,8H2,1-3H3,(H,14,18)(H,16,17). The lowest BCUT2D eigenvalue weighted by Crippen LogP contribution is -2.24. The molecule has 2 rings (SSSR count). The molecular formula is C13H19N5O2S. The Morgan fingerprint density at radius 2 is 1.95 bits per heavy atom. The minimum atomic E-state index is -3.69. The second-order valence-electron chi connectivity index (χ2n) is 5.00. The van der Waals surface area contributed by atoms with Crippen LogP contribution in [0.15, 0.2) is 29.4 Å². The van der Waals surface area contributed by atoms with Crippen molar-refractivity contribution in [3.8, 4) is 0 Å². The first-order valence-corrected chi connectivity index (χ1v) is 8.08. The van der Waals surface area contributed by atoms with Crippen LogP contribution in [0.3, 0.4) is 0 Å². The van der Waals surface area contributed by atoms with E-state index in [9.17, 15) is 8.42 Å². The number of aromatic amines is 1. The topological polar surface area (TPSA) is 99.8 Å². The lowest BCUT2D eigenvalue weighted by atomic mass is 10.3. The molecule has 0 fully saturated rings. The Bertz CT molecular complexity index is 695. The molecule has 0 aliphatic heterocycles. The highest BCUT2D eigenvalue weighted by Gasteiger charge is 2.24. The van der Waals surface area contributed by atoms with E-state index in [-0.39, 0.29) is 10.9 Å². The Morgan fingerprint density at radius 3 is 2.57 bits per heavy atom. The highest BCUT2D eigenvalue weighted by molar-refractivity contribution is 7.92. The lowest BCUT2D eigenvalue weighted by molar-refractivity contribution is 0.570. The van der Waals surface area contributed by atoms with Gasteiger partial charge in [-0.05, 0) is 19.1 Å². The van der Waals surface area contributed by atoms with Crippen molar-refractivity contribution in [3.05, 3.63) is 35.9 Å². The first kappa shape index (κ1) is 15.5. The molecule has 0 spiro atoms. The van der Waals surface area contributed by atoms with Crippen molar-refractivity contribution in [1.82, 2.24) is 20.5 Å². The van der Waals surface area contributed by atoms with E-state index < -0.39 is 10.0 Å². The minimum Gasteiger partial charge on any atom is -0.309 e. The van der Waals surface area contributed by atoms with Gasteiger partial charge >= 0.3 is 0 Å². The summed E-state index contributed by atoms with van der Waals surface area (Å²) in [5.41, 5.74) is 1.45. The van der Waals surface area contributed by atoms with E-state index in [1.165, 1.54) is 12.4 Å². The molecular weight excluding hydrogens is 290 g/mol. The number of nitrogens with one attached hydrogen (secondary N) is 3. The maximum atomic E-state index is 12.5. The average Bonchev–Trinajstić information content (AvgIpc) is 2.79. The summed E-state index contributed by atoms with van der Waals surface area (Å²) in [7, 11) is -3.69. The van der Waals surface area contributed by atoms with E-state index in [4.69, 9.17) is 0 Å². The second-order valence-corrected chi connectivity index (χ2v) is 6.62. The van der Waals surface area contributed by atoms with E-state index in [1.54, 1.807) is 19.1 Å². The van der Waals surface area contributed by atoms with Gasteiger partial charge in [-0.3, -0.25) is 14.8 Å². The molecule has 0 unspecified atom stereocenters. The lowest BCUT2D eigenvalue weighted by Gasteiger charge is -2.10. The van der Waals surface area contributed by atoms with Crippen LogP contribution in [0.4, 0.5) is 5.69 Å². The van der Waals surface area contributed by atoms with Crippen LogP contribution in [0.25, 0.3) is 0 Å². The number of aromatic nitrogens is 3. The van der Waals surface area contributed by atoms with Crippen molar-refractivity contribution in [2.75, 3.05) is 4.72 Å². The van der Waals surface area contributed by atoms with Gasteiger partial charge in [0.2, 0.25) is 0 Å². The summed E-state index contributed by atoms with van der Waals surface area (Å²) >= 11 is 0. The number of H-pyrrole nitrogens is 1. The van der Waals surface area contributed by atoms with Gasteiger partial charge < -0.3 is 5.32 Å². The van der Waals surface area contributed by atoms with Gasteiger partial charge in [-0.1, -0.05) is 13.8 Å². The molecule has 114 valence electrons. The van der Waals surface area contributed by atoms with E-state index in [0.29, 0.717) is 23.6 Å². The molecule has 2 heterocycles. The van der Waals surface area contributed by atoms with Gasteiger partial charge in [0.25, 0.3) is 10.0 Å². The molecule has 0 aromatic carbocycles. The second kappa shape index (κ2) is 6.23. The smallest absolute Gasteiger partial charge is 0.265 e. The van der Waals surface area contributed by atoms with Gasteiger partial charge in [0, 0.05) is 25.0 Å². The molecule has 0 amide bonds. The summed E-state index contributed by atoms with van der Waals surface area (Å²) in [4.78, 5) is 4.05. The maximum Gasteiger partial charge on any atom is 0.265 e. The molecule has 0 saturated carbocycles. The van der Waals surface area contributed by atoms with Crippen molar-refractivity contribution in [2.24, 2.45) is 0 Å². The van der Waals surface area contributed by atoms with Crippen molar-refractivity contribution < 1.29 is 8.42 Å². The van der Waals surface area contributed by atoms with E-state index in [2.05, 4.69) is 25.2 Å². The van der Waals surface area contributed by atoms with Crippen LogP contribution in [0, 0.1) is 6.92 Å². The van der Waals surface area contributed by atoms with Crippen LogP contribution in [0.1, 0.15) is 25.2 Å². The minimum absolute atomic E-state index is 0.187. The third-order valence-electron chi connectivity index (χ3n) is 2.84. The molecule has 0 atom stereocenters. The number of sulfonamides is 1. The van der Waals surface area contributed by atoms with Crippen LogP contribution in [-0.2, 0) is 16.6 Å². The van der Waals surface area contributed by atoms with E-state index >= 15 is 0 Å². The third-order valence-corrected chi connectivity index (χ3v) is 4.42. The van der Waals surface area contributed by atoms with Crippen LogP contribution in [0.2, 0.25) is 0 Å². The van der Waals surface area contributed by atoms with Crippen molar-refractivity contribution in [2.45, 2.75) is 38.3 Å². The first-order chi connectivity index (χ1) is 9.90. The molecule has 2 aromatic heterocycles. The third kappa shape index (κ3) is 3.79. The van der Waals surface area contributed by atoms with Crippen LogP contribution in [-0.4, -0.2) is 29.6 Å². The van der Waals surface area contributed by atoms with Crippen LogP contribution < -0.4 is 10.0 Å². The molecule has 0 radical (unpaired) electrons. The van der Waals surface area contributed by atoms with E-state index in [0.717, 1.165) is 0 Å². The number of anilines is 1. The summed E-state index contributed by atoms with van der Waals surface area (Å²) in [6.45, 7) is 6.05. The van der Waals surface area contributed by atoms with Crippen molar-refractivity contribution in [1.29, 1.82) is 0 Å². The van der Waals surface area contributed by atoms with Gasteiger partial charge in [0.05, 0.1) is 17.1 Å². The highest BCUT2D eigenvalue weighted by Crippen LogP contribution is 2.21. The monoisotopic (exact) mass is 309 g/mol. The molecule has 0 aliphatic rings. The highest BCUT2D eigenvalue weighted by atomic mass is 32.2. The summed E-state index contributed by atoms with van der Waals surface area (Å²) < 4.78 is 27.6. The Labute approximate surface area is 124 Å². The summed E-state index contributed by atoms with van der Waals surface area (Å²) in [6.07, 6.45) is 3.06. The molecule has 0 saturated heterocycles. The molecule has 21 heavy (non-hydrogen) atoms. The number of rotatable bonds is 6. The fourth-order valence-electron chi connectivity index (χ4n) is 1.87. The Hall–Kier alpha value is -1.93. The molecule has 3 N–H and O–H groups in total. The quantitative estimate of drug-likeness (QED) is 0.749. The number of pyridine rings is 1. The molecule has 7 nitrogen and oxygen atoms in total. The summed E-state index contributed by atoms with van der Waals surface area (Å²) in [5, 5.41) is 9.97. The fourth-order valence-corrected chi connectivity index (χ4v) is 3.30. The molecule has 0 bridgehead atoms. The predicted octanol–water partition coefficient (Wildman–Crippen LogP) is 1.41. The zero-order valence-corrected chi connectivity index (χ0v) is 13.0. The van der Waals surface area contributed by atoms with Gasteiger partial charge in [-0.25, -0.2) is 8.42 Å². The fraction of sp³-hybridized carbons (Fsp3) is 0.385. The summed E-state index contributed by atoms with van der Waals surface area (Å²) in [5.74, 6) is 0. The maximum absolute atomic E-state index is 12.5. The van der Waals surface area contributed by atoms with Crippen LogP contribution >= 0.6 is 0 Å². The number of nitrogens with zero attached hydrogens (tertiary/aromatic N) is 2. The Morgan fingerprint density at radius 1 is 1.29 bits per heavy atom. The van der Waals surface area contributed by atoms with Gasteiger partial charge in [-0.15, -0.1) is 0 Å². The Balaban J connectivity index is 2.29. The molecule has 2 aromatic rings. The zero-order chi connectivity index (χ0) is 15.5. The number of hydrogen-bond donors (Lipinski definition) is 3. The first-order valence-electron chi connectivity index (χ1n) is 6.60. The van der Waals surface area contributed by atoms with Crippen LogP contribution in [0.5, 0.6) is 0 Å². The Kier molecular flexibility index (Phi) is 4.59. The number of aryl methyl sites for hydroxylation is 1. The SMILES string of the molecule is Cc1[nH]nc(CNC(C)C)c1S(=O)(=O)Nc1ccncc1. The molecule has 8 heteroatoms. The largest absolute Gasteiger partial charge is 0.309 e. The normalized spacial score (nSPS) is 11.8. The van der Waals surface area contributed by atoms with Gasteiger partial charge in [0.15, 0.2) is 0 Å². The van der Waals surface area contributed by atoms with E-state index in [1.807, 2.05) is 13.8 Å². The van der Waals surface area contributed by atoms with Gasteiger partial charge in [-0.2, -0.15) is 5.10 Å². The summed E-state index contributed by atoms with van der Waals surface area (Å²) in [6, 6.07) is 3.43. The van der Waals surface area contributed by atoms with Crippen molar-refractivity contribution in [3.63, 3.8) is 0 Å². The number of hydrogen-bond acceptors (Lipinski definition) is 5. The molecule has 0 aliphatic carbocycles.